The zero-order valence-corrected chi connectivity index (χ0v) is 10.5. The summed E-state index contributed by atoms with van der Waals surface area (Å²) in [4.78, 5) is 33.9. The average Bonchev–Trinajstić information content (AvgIpc) is 2.42. The van der Waals surface area contributed by atoms with Crippen LogP contribution in [0, 0.1) is 0 Å². The molecule has 0 radical (unpaired) electrons. The summed E-state index contributed by atoms with van der Waals surface area (Å²) in [5, 5.41) is 16.0. The van der Waals surface area contributed by atoms with Gasteiger partial charge in [-0.2, -0.15) is 0 Å². The lowest BCUT2D eigenvalue weighted by atomic mass is 10.1. The fourth-order valence-corrected chi connectivity index (χ4v) is 1.82. The Morgan fingerprint density at radius 1 is 1.30 bits per heavy atom. The van der Waals surface area contributed by atoms with Crippen molar-refractivity contribution in [3.63, 3.8) is 0 Å². The summed E-state index contributed by atoms with van der Waals surface area (Å²) >= 11 is 0. The predicted molar refractivity (Wildman–Crippen MR) is 68.5 cm³/mol. The first-order valence-corrected chi connectivity index (χ1v) is 5.76. The number of methoxy groups -OCH3 is 1. The third-order valence-electron chi connectivity index (χ3n) is 2.82. The second-order valence-corrected chi connectivity index (χ2v) is 4.13. The summed E-state index contributed by atoms with van der Waals surface area (Å²) in [6, 6.07) is 3.35. The van der Waals surface area contributed by atoms with E-state index in [0.29, 0.717) is 11.4 Å². The number of carboxylic acid groups (broad SMARTS) is 1. The average molecular weight is 279 g/mol. The Kier molecular flexibility index (Phi) is 3.74. The van der Waals surface area contributed by atoms with Crippen LogP contribution in [-0.4, -0.2) is 42.2 Å². The number of hydrogen-bond acceptors (Lipinski definition) is 5. The van der Waals surface area contributed by atoms with Crippen LogP contribution in [-0.2, 0) is 9.59 Å². The third kappa shape index (κ3) is 2.79. The van der Waals surface area contributed by atoms with Crippen molar-refractivity contribution in [1.82, 2.24) is 10.6 Å². The van der Waals surface area contributed by atoms with Crippen LogP contribution in [0.1, 0.15) is 0 Å². The first-order chi connectivity index (χ1) is 9.51. The molecule has 0 spiro atoms. The smallest absolute Gasteiger partial charge is 0.328 e. The second-order valence-electron chi connectivity index (χ2n) is 4.13. The number of urea groups is 1. The second kappa shape index (κ2) is 5.47. The maximum atomic E-state index is 11.7. The molecule has 0 saturated carbocycles. The first kappa shape index (κ1) is 13.7. The van der Waals surface area contributed by atoms with Crippen molar-refractivity contribution < 1.29 is 24.2 Å². The molecule has 4 N–H and O–H groups in total. The highest BCUT2D eigenvalue weighted by Crippen LogP contribution is 2.17. The Bertz CT molecular complexity index is 543. The zero-order chi connectivity index (χ0) is 14.7. The topological polar surface area (TPSA) is 117 Å². The van der Waals surface area contributed by atoms with Crippen LogP contribution in [0.3, 0.4) is 0 Å². The van der Waals surface area contributed by atoms with E-state index in [9.17, 15) is 14.4 Å². The number of aliphatic carboxylic acids is 1. The molecule has 20 heavy (non-hydrogen) atoms. The highest BCUT2D eigenvalue weighted by molar-refractivity contribution is 6.05. The van der Waals surface area contributed by atoms with Gasteiger partial charge in [-0.05, 0) is 24.3 Å². The molecule has 1 aromatic carbocycles. The van der Waals surface area contributed by atoms with Crippen molar-refractivity contribution in [1.29, 1.82) is 0 Å². The molecule has 2 unspecified atom stereocenters. The van der Waals surface area contributed by atoms with Crippen molar-refractivity contribution in [2.75, 3.05) is 12.4 Å². The minimum atomic E-state index is -1.33. The Labute approximate surface area is 114 Å². The summed E-state index contributed by atoms with van der Waals surface area (Å²) in [6.45, 7) is 0. The Morgan fingerprint density at radius 2 is 1.95 bits per heavy atom. The molecule has 1 aromatic rings. The number of anilines is 1. The Balaban J connectivity index is 2.17. The number of imide groups is 1. The lowest BCUT2D eigenvalue weighted by Crippen LogP contribution is -2.66. The number of nitrogens with one attached hydrogen (secondary N) is 3. The molecule has 1 saturated heterocycles. The molecule has 8 nitrogen and oxygen atoms in total. The number of carbonyl (C=O) groups excluding carboxylic acids is 2. The van der Waals surface area contributed by atoms with Crippen molar-refractivity contribution in [2.45, 2.75) is 12.1 Å². The normalized spacial score (nSPS) is 21.6. The van der Waals surface area contributed by atoms with Gasteiger partial charge in [-0.3, -0.25) is 10.1 Å². The highest BCUT2D eigenvalue weighted by Gasteiger charge is 2.40. The molecule has 0 bridgehead atoms. The van der Waals surface area contributed by atoms with E-state index in [-0.39, 0.29) is 0 Å². The summed E-state index contributed by atoms with van der Waals surface area (Å²) in [6.07, 6.45) is 0. The number of amides is 3. The van der Waals surface area contributed by atoms with Crippen molar-refractivity contribution in [3.05, 3.63) is 24.3 Å². The van der Waals surface area contributed by atoms with Gasteiger partial charge in [0.05, 0.1) is 7.11 Å². The molecule has 8 heteroatoms. The standard InChI is InChI=1S/C12H13N3O5/c1-20-7-4-2-6(3-5-7)13-8-9(11(17)18)14-12(19)15-10(8)16/h2-5,8-9,13H,1H3,(H,17,18)(H2,14,15,16,19). The van der Waals surface area contributed by atoms with E-state index in [0.717, 1.165) is 0 Å². The molecule has 1 heterocycles. The third-order valence-corrected chi connectivity index (χ3v) is 2.82. The molecule has 1 aliphatic heterocycles. The molecule has 106 valence electrons. The SMILES string of the molecule is COc1ccc(NC2C(=O)NC(=O)NC2C(=O)O)cc1. The number of rotatable bonds is 4. The van der Waals surface area contributed by atoms with Gasteiger partial charge in [-0.25, -0.2) is 9.59 Å². The van der Waals surface area contributed by atoms with Crippen LogP contribution in [0.2, 0.25) is 0 Å². The van der Waals surface area contributed by atoms with Gasteiger partial charge < -0.3 is 20.5 Å². The van der Waals surface area contributed by atoms with E-state index in [1.165, 1.54) is 7.11 Å². The molecule has 0 aliphatic carbocycles. The molecule has 0 aromatic heterocycles. The molecular weight excluding hydrogens is 266 g/mol. The van der Waals surface area contributed by atoms with Crippen LogP contribution in [0.25, 0.3) is 0 Å². The monoisotopic (exact) mass is 279 g/mol. The van der Waals surface area contributed by atoms with E-state index in [1.54, 1.807) is 24.3 Å². The number of benzene rings is 1. The molecule has 1 fully saturated rings. The quantitative estimate of drug-likeness (QED) is 0.605. The van der Waals surface area contributed by atoms with Crippen molar-refractivity contribution in [3.8, 4) is 5.75 Å². The molecule has 1 aliphatic rings. The number of carboxylic acids is 1. The Morgan fingerprint density at radius 3 is 2.50 bits per heavy atom. The fraction of sp³-hybridized carbons (Fsp3) is 0.250. The molecule has 2 rings (SSSR count). The van der Waals surface area contributed by atoms with Gasteiger partial charge >= 0.3 is 12.0 Å². The first-order valence-electron chi connectivity index (χ1n) is 5.76. The van der Waals surface area contributed by atoms with Crippen molar-refractivity contribution >= 4 is 23.6 Å². The van der Waals surface area contributed by atoms with E-state index in [4.69, 9.17) is 9.84 Å². The van der Waals surface area contributed by atoms with Crippen LogP contribution in [0.5, 0.6) is 5.75 Å². The summed E-state index contributed by atoms with van der Waals surface area (Å²) < 4.78 is 5.00. The van der Waals surface area contributed by atoms with Gasteiger partial charge in [0.15, 0.2) is 6.04 Å². The minimum Gasteiger partial charge on any atom is -0.497 e. The van der Waals surface area contributed by atoms with Crippen LogP contribution >= 0.6 is 0 Å². The van der Waals surface area contributed by atoms with Crippen molar-refractivity contribution in [2.24, 2.45) is 0 Å². The lowest BCUT2D eigenvalue weighted by Gasteiger charge is -2.29. The van der Waals surface area contributed by atoms with Gasteiger partial charge in [0, 0.05) is 5.69 Å². The minimum absolute atomic E-state index is 0.536. The van der Waals surface area contributed by atoms with E-state index in [2.05, 4.69) is 10.6 Å². The van der Waals surface area contributed by atoms with Gasteiger partial charge in [-0.15, -0.1) is 0 Å². The summed E-state index contributed by atoms with van der Waals surface area (Å²) in [5.74, 6) is -1.36. The van der Waals surface area contributed by atoms with E-state index >= 15 is 0 Å². The maximum absolute atomic E-state index is 11.7. The number of ether oxygens (including phenoxy) is 1. The van der Waals surface area contributed by atoms with Gasteiger partial charge in [0.1, 0.15) is 11.8 Å². The van der Waals surface area contributed by atoms with E-state index in [1.807, 2.05) is 5.32 Å². The summed E-state index contributed by atoms with van der Waals surface area (Å²) in [5.41, 5.74) is 0.536. The van der Waals surface area contributed by atoms with Gasteiger partial charge in [0.2, 0.25) is 0 Å². The van der Waals surface area contributed by atoms with Crippen LogP contribution in [0.4, 0.5) is 10.5 Å². The number of hydrogen-bond donors (Lipinski definition) is 4. The molecule has 3 amide bonds. The van der Waals surface area contributed by atoms with E-state index < -0.39 is 30.0 Å². The highest BCUT2D eigenvalue weighted by atomic mass is 16.5. The zero-order valence-electron chi connectivity index (χ0n) is 10.5. The largest absolute Gasteiger partial charge is 0.497 e. The van der Waals surface area contributed by atoms with Gasteiger partial charge in [0.25, 0.3) is 5.91 Å². The number of carbonyl (C=O) groups is 3. The fourth-order valence-electron chi connectivity index (χ4n) is 1.82. The van der Waals surface area contributed by atoms with Crippen LogP contribution < -0.4 is 20.7 Å². The Hall–Kier alpha value is -2.77. The van der Waals surface area contributed by atoms with Gasteiger partial charge in [-0.1, -0.05) is 0 Å². The van der Waals surface area contributed by atoms with Crippen LogP contribution in [0.15, 0.2) is 24.3 Å². The maximum Gasteiger partial charge on any atom is 0.328 e. The molecular formula is C12H13N3O5. The lowest BCUT2D eigenvalue weighted by molar-refractivity contribution is -0.142. The predicted octanol–water partition coefficient (Wildman–Crippen LogP) is -0.232. The summed E-state index contributed by atoms with van der Waals surface area (Å²) in [7, 11) is 1.52. The molecule has 2 atom stereocenters.